The van der Waals surface area contributed by atoms with Crippen LogP contribution >= 0.6 is 11.6 Å². The number of hydrogen-bond acceptors (Lipinski definition) is 2. The number of nitrogens with two attached hydrogens (primary N) is 1. The summed E-state index contributed by atoms with van der Waals surface area (Å²) in [7, 11) is 0. The number of piperidine rings is 1. The van der Waals surface area contributed by atoms with Crippen LogP contribution in [0.3, 0.4) is 0 Å². The highest BCUT2D eigenvalue weighted by Gasteiger charge is 2.28. The van der Waals surface area contributed by atoms with Crippen LogP contribution in [0.5, 0.6) is 0 Å². The van der Waals surface area contributed by atoms with E-state index in [1.807, 2.05) is 6.92 Å². The van der Waals surface area contributed by atoms with E-state index >= 15 is 0 Å². The Balaban J connectivity index is 2.06. The summed E-state index contributed by atoms with van der Waals surface area (Å²) in [5, 5.41) is 0.851. The van der Waals surface area contributed by atoms with Crippen molar-refractivity contribution in [2.24, 2.45) is 11.1 Å². The van der Waals surface area contributed by atoms with Crippen molar-refractivity contribution >= 4 is 17.3 Å². The molecule has 1 fully saturated rings. The summed E-state index contributed by atoms with van der Waals surface area (Å²) in [6.07, 6.45) is 4.65. The Morgan fingerprint density at radius 3 is 2.50 bits per heavy atom. The molecule has 0 bridgehead atoms. The van der Waals surface area contributed by atoms with Crippen LogP contribution in [0.4, 0.5) is 5.69 Å². The number of anilines is 1. The Hall–Kier alpha value is -0.730. The van der Waals surface area contributed by atoms with Gasteiger partial charge in [-0.1, -0.05) is 37.9 Å². The van der Waals surface area contributed by atoms with Crippen molar-refractivity contribution in [2.45, 2.75) is 52.5 Å². The minimum absolute atomic E-state index is 0.151. The van der Waals surface area contributed by atoms with E-state index in [2.05, 4.69) is 36.9 Å². The summed E-state index contributed by atoms with van der Waals surface area (Å²) in [6.45, 7) is 8.99. The molecular weight excluding hydrogens is 268 g/mol. The normalized spacial score (nSPS) is 19.9. The third-order valence-corrected chi connectivity index (χ3v) is 5.12. The Bertz CT molecular complexity index is 448. The Kier molecular flexibility index (Phi) is 4.98. The maximum Gasteiger partial charge on any atom is 0.0459 e. The van der Waals surface area contributed by atoms with E-state index in [1.54, 1.807) is 0 Å². The molecule has 1 aromatic rings. The average Bonchev–Trinajstić information content (AvgIpc) is 2.42. The Morgan fingerprint density at radius 1 is 1.35 bits per heavy atom. The first-order valence-corrected chi connectivity index (χ1v) is 8.10. The van der Waals surface area contributed by atoms with Gasteiger partial charge in [0.1, 0.15) is 0 Å². The third kappa shape index (κ3) is 3.67. The van der Waals surface area contributed by atoms with Crippen LogP contribution in [0.2, 0.25) is 5.02 Å². The Labute approximate surface area is 128 Å². The smallest absolute Gasteiger partial charge is 0.0459 e. The lowest BCUT2D eigenvalue weighted by Crippen LogP contribution is -2.38. The van der Waals surface area contributed by atoms with E-state index in [4.69, 9.17) is 17.3 Å². The largest absolute Gasteiger partial charge is 0.371 e. The van der Waals surface area contributed by atoms with Crippen molar-refractivity contribution in [3.8, 4) is 0 Å². The minimum atomic E-state index is 0.151. The van der Waals surface area contributed by atoms with E-state index in [0.29, 0.717) is 5.41 Å². The predicted octanol–water partition coefficient (Wildman–Crippen LogP) is 4.25. The van der Waals surface area contributed by atoms with Crippen LogP contribution in [0.15, 0.2) is 18.2 Å². The van der Waals surface area contributed by atoms with Crippen LogP contribution < -0.4 is 10.6 Å². The van der Waals surface area contributed by atoms with E-state index in [1.165, 1.54) is 24.9 Å². The summed E-state index contributed by atoms with van der Waals surface area (Å²) in [5.74, 6) is 0. The molecule has 1 heterocycles. The molecule has 20 heavy (non-hydrogen) atoms. The molecule has 1 unspecified atom stereocenters. The zero-order valence-corrected chi connectivity index (χ0v) is 13.7. The molecule has 2 nitrogen and oxygen atoms in total. The molecule has 2 rings (SSSR count). The number of hydrogen-bond donors (Lipinski definition) is 1. The highest BCUT2D eigenvalue weighted by atomic mass is 35.5. The molecule has 0 radical (unpaired) electrons. The monoisotopic (exact) mass is 294 g/mol. The summed E-state index contributed by atoms with van der Waals surface area (Å²) in [4.78, 5) is 2.46. The highest BCUT2D eigenvalue weighted by Crippen LogP contribution is 2.36. The van der Waals surface area contributed by atoms with Gasteiger partial charge < -0.3 is 10.6 Å². The molecule has 1 atom stereocenters. The molecule has 0 aromatic heterocycles. The summed E-state index contributed by atoms with van der Waals surface area (Å²) >= 11 is 6.39. The maximum absolute atomic E-state index is 6.39. The molecule has 1 aliphatic heterocycles. The topological polar surface area (TPSA) is 29.3 Å². The van der Waals surface area contributed by atoms with Crippen molar-refractivity contribution in [2.75, 3.05) is 18.0 Å². The van der Waals surface area contributed by atoms with Gasteiger partial charge in [-0.25, -0.2) is 0 Å². The molecule has 3 heteroatoms. The first-order chi connectivity index (χ1) is 9.43. The standard InChI is InChI=1S/C17H27ClN2/c1-4-17(3)7-9-20(10-8-17)15-6-5-14(11-13(2)19)16(18)12-15/h5-6,12-13H,4,7-11,19H2,1-3H3. The van der Waals surface area contributed by atoms with Crippen molar-refractivity contribution < 1.29 is 0 Å². The molecule has 0 amide bonds. The van der Waals surface area contributed by atoms with Gasteiger partial charge >= 0.3 is 0 Å². The molecule has 0 aliphatic carbocycles. The van der Waals surface area contributed by atoms with Gasteiger partial charge in [0, 0.05) is 29.8 Å². The van der Waals surface area contributed by atoms with Crippen LogP contribution in [-0.2, 0) is 6.42 Å². The maximum atomic E-state index is 6.39. The van der Waals surface area contributed by atoms with Crippen molar-refractivity contribution in [3.63, 3.8) is 0 Å². The Morgan fingerprint density at radius 2 is 2.00 bits per heavy atom. The lowest BCUT2D eigenvalue weighted by Gasteiger charge is -2.40. The van der Waals surface area contributed by atoms with Crippen molar-refractivity contribution in [1.82, 2.24) is 0 Å². The van der Waals surface area contributed by atoms with Crippen LogP contribution in [0.1, 0.15) is 45.6 Å². The van der Waals surface area contributed by atoms with Crippen molar-refractivity contribution in [1.29, 1.82) is 0 Å². The van der Waals surface area contributed by atoms with Crippen LogP contribution in [0, 0.1) is 5.41 Å². The van der Waals surface area contributed by atoms with Crippen LogP contribution in [0.25, 0.3) is 0 Å². The predicted molar refractivity (Wildman–Crippen MR) is 88.7 cm³/mol. The second-order valence-corrected chi connectivity index (χ2v) is 7.02. The molecule has 1 aromatic carbocycles. The average molecular weight is 295 g/mol. The summed E-state index contributed by atoms with van der Waals surface area (Å²) in [5.41, 5.74) is 8.78. The first-order valence-electron chi connectivity index (χ1n) is 7.72. The quantitative estimate of drug-likeness (QED) is 0.899. The minimum Gasteiger partial charge on any atom is -0.371 e. The lowest BCUT2D eigenvalue weighted by molar-refractivity contribution is 0.238. The third-order valence-electron chi connectivity index (χ3n) is 4.77. The van der Waals surface area contributed by atoms with Gasteiger partial charge in [0.05, 0.1) is 0 Å². The molecule has 2 N–H and O–H groups in total. The zero-order chi connectivity index (χ0) is 14.8. The van der Waals surface area contributed by atoms with Crippen molar-refractivity contribution in [3.05, 3.63) is 28.8 Å². The molecule has 1 saturated heterocycles. The van der Waals surface area contributed by atoms with Gasteiger partial charge in [-0.3, -0.25) is 0 Å². The van der Waals surface area contributed by atoms with Gasteiger partial charge in [0.15, 0.2) is 0 Å². The van der Waals surface area contributed by atoms with Gasteiger partial charge in [0.25, 0.3) is 0 Å². The first kappa shape index (κ1) is 15.7. The molecule has 0 spiro atoms. The van der Waals surface area contributed by atoms with E-state index < -0.39 is 0 Å². The van der Waals surface area contributed by atoms with E-state index in [0.717, 1.165) is 30.1 Å². The van der Waals surface area contributed by atoms with Gasteiger partial charge in [-0.2, -0.15) is 0 Å². The zero-order valence-electron chi connectivity index (χ0n) is 13.0. The number of benzene rings is 1. The summed E-state index contributed by atoms with van der Waals surface area (Å²) < 4.78 is 0. The van der Waals surface area contributed by atoms with Crippen LogP contribution in [-0.4, -0.2) is 19.1 Å². The molecule has 1 aliphatic rings. The molecule has 0 saturated carbocycles. The SMILES string of the molecule is CCC1(C)CCN(c2ccc(CC(C)N)c(Cl)c2)CC1. The number of rotatable bonds is 4. The fourth-order valence-corrected chi connectivity index (χ4v) is 3.16. The second kappa shape index (κ2) is 6.36. The van der Waals surface area contributed by atoms with E-state index in [-0.39, 0.29) is 6.04 Å². The highest BCUT2D eigenvalue weighted by molar-refractivity contribution is 6.31. The number of nitrogens with zero attached hydrogens (tertiary/aromatic N) is 1. The molecular formula is C17H27ClN2. The fourth-order valence-electron chi connectivity index (χ4n) is 2.90. The summed E-state index contributed by atoms with van der Waals surface area (Å²) in [6, 6.07) is 6.58. The van der Waals surface area contributed by atoms with Gasteiger partial charge in [0.2, 0.25) is 0 Å². The lowest BCUT2D eigenvalue weighted by atomic mass is 9.78. The molecule has 112 valence electrons. The second-order valence-electron chi connectivity index (χ2n) is 6.61. The van der Waals surface area contributed by atoms with Gasteiger partial charge in [-0.05, 0) is 49.3 Å². The van der Waals surface area contributed by atoms with E-state index in [9.17, 15) is 0 Å². The van der Waals surface area contributed by atoms with Gasteiger partial charge in [-0.15, -0.1) is 0 Å². The number of halogens is 1. The fraction of sp³-hybridized carbons (Fsp3) is 0.647.